The summed E-state index contributed by atoms with van der Waals surface area (Å²) in [6.07, 6.45) is 1.31. The van der Waals surface area contributed by atoms with Gasteiger partial charge in [-0.2, -0.15) is 0 Å². The van der Waals surface area contributed by atoms with Crippen molar-refractivity contribution in [2.24, 2.45) is 5.73 Å². The van der Waals surface area contributed by atoms with Crippen molar-refractivity contribution in [3.63, 3.8) is 0 Å². The number of hydrogen-bond donors (Lipinski definition) is 3. The van der Waals surface area contributed by atoms with Crippen molar-refractivity contribution in [1.29, 1.82) is 0 Å². The van der Waals surface area contributed by atoms with E-state index in [2.05, 4.69) is 26.2 Å². The summed E-state index contributed by atoms with van der Waals surface area (Å²) in [5, 5.41) is 11.3. The highest BCUT2D eigenvalue weighted by Gasteiger charge is 2.22. The van der Waals surface area contributed by atoms with Gasteiger partial charge >= 0.3 is 5.97 Å². The molecule has 19 heavy (non-hydrogen) atoms. The predicted molar refractivity (Wildman–Crippen MR) is 69.3 cm³/mol. The zero-order valence-corrected chi connectivity index (χ0v) is 11.4. The molecule has 0 aliphatic rings. The van der Waals surface area contributed by atoms with Gasteiger partial charge in [0.05, 0.1) is 5.56 Å². The minimum absolute atomic E-state index is 0.0612. The lowest BCUT2D eigenvalue weighted by Gasteiger charge is -2.14. The van der Waals surface area contributed by atoms with Crippen molar-refractivity contribution in [2.75, 3.05) is 0 Å². The molecule has 0 aromatic carbocycles. The van der Waals surface area contributed by atoms with E-state index < -0.39 is 23.8 Å². The Bertz CT molecular complexity index is 506. The Morgan fingerprint density at radius 2 is 2.16 bits per heavy atom. The third-order valence-electron chi connectivity index (χ3n) is 2.29. The van der Waals surface area contributed by atoms with Crippen LogP contribution in [0.25, 0.3) is 0 Å². The van der Waals surface area contributed by atoms with Crippen LogP contribution >= 0.6 is 15.9 Å². The maximum Gasteiger partial charge on any atom is 0.326 e. The summed E-state index contributed by atoms with van der Waals surface area (Å²) in [5.74, 6) is -2.44. The number of pyridine rings is 1. The smallest absolute Gasteiger partial charge is 0.326 e. The number of carbonyl (C=O) groups excluding carboxylic acids is 2. The van der Waals surface area contributed by atoms with E-state index in [1.54, 1.807) is 6.07 Å². The quantitative estimate of drug-likeness (QED) is 0.647. The number of primary amides is 1. The van der Waals surface area contributed by atoms with Crippen molar-refractivity contribution in [3.05, 3.63) is 28.5 Å². The second-order valence-corrected chi connectivity index (χ2v) is 4.46. The number of carboxylic acid groups (broad SMARTS) is 1. The average Bonchev–Trinajstić information content (AvgIpc) is 2.34. The molecule has 0 fully saturated rings. The molecule has 1 aromatic heterocycles. The van der Waals surface area contributed by atoms with E-state index in [0.29, 0.717) is 4.60 Å². The number of amides is 2. The van der Waals surface area contributed by atoms with Crippen LogP contribution in [0.15, 0.2) is 22.9 Å². The van der Waals surface area contributed by atoms with Crippen LogP contribution in [0.3, 0.4) is 0 Å². The molecule has 1 unspecified atom stereocenters. The summed E-state index contributed by atoms with van der Waals surface area (Å²) < 4.78 is 0.312. The molecule has 0 saturated heterocycles. The van der Waals surface area contributed by atoms with Crippen molar-refractivity contribution >= 4 is 33.7 Å². The molecule has 4 N–H and O–H groups in total. The molecule has 1 aromatic rings. The summed E-state index contributed by atoms with van der Waals surface area (Å²) in [6.45, 7) is 0. The highest BCUT2D eigenvalue weighted by Crippen LogP contribution is 2.12. The average molecular weight is 330 g/mol. The number of carboxylic acids is 1. The Hall–Kier alpha value is -1.96. The predicted octanol–water partition coefficient (Wildman–Crippen LogP) is 0.293. The van der Waals surface area contributed by atoms with E-state index in [9.17, 15) is 14.4 Å². The molecule has 1 atom stereocenters. The maximum atomic E-state index is 11.9. The monoisotopic (exact) mass is 329 g/mol. The van der Waals surface area contributed by atoms with Crippen LogP contribution in [0.5, 0.6) is 0 Å². The second kappa shape index (κ2) is 6.83. The van der Waals surface area contributed by atoms with Gasteiger partial charge in [-0.25, -0.2) is 9.78 Å². The molecule has 102 valence electrons. The number of aliphatic carboxylic acids is 1. The lowest BCUT2D eigenvalue weighted by molar-refractivity contribution is -0.139. The van der Waals surface area contributed by atoms with Crippen molar-refractivity contribution < 1.29 is 19.5 Å². The van der Waals surface area contributed by atoms with Gasteiger partial charge < -0.3 is 16.2 Å². The van der Waals surface area contributed by atoms with Gasteiger partial charge in [0.2, 0.25) is 5.91 Å². The molecule has 0 bridgehead atoms. The standard InChI is InChI=1S/C11H12BrN3O4/c12-9-6(2-1-5-14-9)10(17)15-7(11(18)19)3-4-8(13)16/h1-2,5,7H,3-4H2,(H2,13,16)(H,15,17)(H,18,19). The van der Waals surface area contributed by atoms with Crippen molar-refractivity contribution in [1.82, 2.24) is 10.3 Å². The van der Waals surface area contributed by atoms with Crippen LogP contribution in [0, 0.1) is 0 Å². The molecule has 7 nitrogen and oxygen atoms in total. The fraction of sp³-hybridized carbons (Fsp3) is 0.273. The topological polar surface area (TPSA) is 122 Å². The number of nitrogens with one attached hydrogen (secondary N) is 1. The molecular formula is C11H12BrN3O4. The first-order valence-electron chi connectivity index (χ1n) is 5.34. The molecule has 0 radical (unpaired) electrons. The van der Waals surface area contributed by atoms with Gasteiger partial charge in [-0.15, -0.1) is 0 Å². The van der Waals surface area contributed by atoms with E-state index in [0.717, 1.165) is 0 Å². The van der Waals surface area contributed by atoms with Crippen LogP contribution in [-0.2, 0) is 9.59 Å². The van der Waals surface area contributed by atoms with Crippen molar-refractivity contribution in [3.8, 4) is 0 Å². The van der Waals surface area contributed by atoms with Gasteiger partial charge in [0, 0.05) is 12.6 Å². The van der Waals surface area contributed by atoms with Gasteiger partial charge in [0.25, 0.3) is 5.91 Å². The zero-order valence-electron chi connectivity index (χ0n) is 9.80. The fourth-order valence-electron chi connectivity index (χ4n) is 1.34. The van der Waals surface area contributed by atoms with Crippen LogP contribution in [0.2, 0.25) is 0 Å². The van der Waals surface area contributed by atoms with Gasteiger partial charge in [-0.05, 0) is 34.5 Å². The van der Waals surface area contributed by atoms with E-state index >= 15 is 0 Å². The summed E-state index contributed by atoms with van der Waals surface area (Å²) in [5.41, 5.74) is 5.16. The Labute approximate surface area is 117 Å². The summed E-state index contributed by atoms with van der Waals surface area (Å²) in [4.78, 5) is 37.3. The number of nitrogens with zero attached hydrogens (tertiary/aromatic N) is 1. The van der Waals surface area contributed by atoms with E-state index in [-0.39, 0.29) is 18.4 Å². The van der Waals surface area contributed by atoms with Crippen molar-refractivity contribution in [2.45, 2.75) is 18.9 Å². The first kappa shape index (κ1) is 15.1. The highest BCUT2D eigenvalue weighted by molar-refractivity contribution is 9.10. The third kappa shape index (κ3) is 4.66. The molecule has 0 aliphatic heterocycles. The second-order valence-electron chi connectivity index (χ2n) is 3.71. The van der Waals surface area contributed by atoms with Crippen LogP contribution in [0.4, 0.5) is 0 Å². The largest absolute Gasteiger partial charge is 0.480 e. The van der Waals surface area contributed by atoms with Crippen LogP contribution in [-0.4, -0.2) is 33.9 Å². The maximum absolute atomic E-state index is 11.9. The normalized spacial score (nSPS) is 11.6. The van der Waals surface area contributed by atoms with Crippen LogP contribution in [0.1, 0.15) is 23.2 Å². The Morgan fingerprint density at radius 3 is 2.68 bits per heavy atom. The summed E-state index contributed by atoms with van der Waals surface area (Å²) in [6, 6.07) is 1.88. The van der Waals surface area contributed by atoms with Gasteiger partial charge in [0.1, 0.15) is 10.6 Å². The number of nitrogens with two attached hydrogens (primary N) is 1. The Morgan fingerprint density at radius 1 is 1.47 bits per heavy atom. The number of hydrogen-bond acceptors (Lipinski definition) is 4. The highest BCUT2D eigenvalue weighted by atomic mass is 79.9. The molecule has 0 aliphatic carbocycles. The molecule has 1 heterocycles. The van der Waals surface area contributed by atoms with E-state index in [1.165, 1.54) is 12.3 Å². The SMILES string of the molecule is NC(=O)CCC(NC(=O)c1cccnc1Br)C(=O)O. The van der Waals surface area contributed by atoms with E-state index in [1.807, 2.05) is 0 Å². The minimum atomic E-state index is -1.23. The third-order valence-corrected chi connectivity index (χ3v) is 2.92. The minimum Gasteiger partial charge on any atom is -0.480 e. The molecule has 0 saturated carbocycles. The molecule has 0 spiro atoms. The van der Waals surface area contributed by atoms with Gasteiger partial charge in [-0.1, -0.05) is 0 Å². The Kier molecular flexibility index (Phi) is 5.43. The molecule has 8 heteroatoms. The molecule has 2 amide bonds. The first-order valence-corrected chi connectivity index (χ1v) is 6.13. The molecular weight excluding hydrogens is 318 g/mol. The summed E-state index contributed by atoms with van der Waals surface area (Å²) >= 11 is 3.09. The number of carbonyl (C=O) groups is 3. The van der Waals surface area contributed by atoms with E-state index in [4.69, 9.17) is 10.8 Å². The number of aromatic nitrogens is 1. The fourth-order valence-corrected chi connectivity index (χ4v) is 1.77. The van der Waals surface area contributed by atoms with Gasteiger partial charge in [-0.3, -0.25) is 9.59 Å². The summed E-state index contributed by atoms with van der Waals surface area (Å²) in [7, 11) is 0. The molecule has 1 rings (SSSR count). The van der Waals surface area contributed by atoms with Crippen LogP contribution < -0.4 is 11.1 Å². The number of halogens is 1. The lowest BCUT2D eigenvalue weighted by atomic mass is 10.1. The Balaban J connectivity index is 2.74. The lowest BCUT2D eigenvalue weighted by Crippen LogP contribution is -2.41. The first-order chi connectivity index (χ1) is 8.91. The zero-order chi connectivity index (χ0) is 14.4. The van der Waals surface area contributed by atoms with Gasteiger partial charge in [0.15, 0.2) is 0 Å². The number of rotatable bonds is 6.